The first-order valence-electron chi connectivity index (χ1n) is 8.90. The van der Waals surface area contributed by atoms with Crippen molar-refractivity contribution < 1.29 is 9.59 Å². The molecule has 1 aromatic heterocycles. The number of Topliss-reactive ketones (excluding diaryl/α,β-unsaturated/α-hetero) is 1. The summed E-state index contributed by atoms with van der Waals surface area (Å²) in [5, 5.41) is 3.03. The average molecular weight is 499 g/mol. The van der Waals surface area contributed by atoms with Gasteiger partial charge in [-0.2, -0.15) is 0 Å². The molecule has 1 atom stereocenters. The van der Waals surface area contributed by atoms with Gasteiger partial charge in [0.2, 0.25) is 5.91 Å². The monoisotopic (exact) mass is 497 g/mol. The second-order valence-corrected chi connectivity index (χ2v) is 10.2. The van der Waals surface area contributed by atoms with Gasteiger partial charge >= 0.3 is 0 Å². The van der Waals surface area contributed by atoms with E-state index >= 15 is 0 Å². The van der Waals surface area contributed by atoms with Crippen LogP contribution in [0.15, 0.2) is 37.9 Å². The van der Waals surface area contributed by atoms with E-state index in [0.29, 0.717) is 12.8 Å². The van der Waals surface area contributed by atoms with E-state index in [-0.39, 0.29) is 17.7 Å². The van der Waals surface area contributed by atoms with Crippen molar-refractivity contribution in [1.29, 1.82) is 0 Å². The minimum Gasteiger partial charge on any atom is -0.349 e. The Morgan fingerprint density at radius 1 is 1.08 bits per heavy atom. The lowest BCUT2D eigenvalue weighted by Gasteiger charge is -2.13. The number of halogens is 2. The number of rotatable bonds is 8. The molecular formula is C20H21Br2NO2S. The predicted molar refractivity (Wildman–Crippen MR) is 113 cm³/mol. The number of ketones is 1. The van der Waals surface area contributed by atoms with Gasteiger partial charge in [-0.15, -0.1) is 11.3 Å². The Balaban J connectivity index is 1.37. The molecule has 3 rings (SSSR count). The van der Waals surface area contributed by atoms with Gasteiger partial charge < -0.3 is 5.32 Å². The molecule has 1 aromatic carbocycles. The van der Waals surface area contributed by atoms with Crippen LogP contribution in [0.25, 0.3) is 0 Å². The van der Waals surface area contributed by atoms with Crippen LogP contribution in [-0.4, -0.2) is 11.7 Å². The highest BCUT2D eigenvalue weighted by Gasteiger charge is 2.36. The van der Waals surface area contributed by atoms with Crippen molar-refractivity contribution in [3.8, 4) is 0 Å². The highest BCUT2D eigenvalue weighted by atomic mass is 79.9. The van der Waals surface area contributed by atoms with E-state index in [1.807, 2.05) is 6.07 Å². The van der Waals surface area contributed by atoms with E-state index in [1.54, 1.807) is 0 Å². The van der Waals surface area contributed by atoms with Gasteiger partial charge in [-0.3, -0.25) is 9.59 Å². The molecule has 0 saturated heterocycles. The summed E-state index contributed by atoms with van der Waals surface area (Å²) in [6.07, 6.45) is 6.22. The minimum absolute atomic E-state index is 0.0351. The Labute approximate surface area is 174 Å². The summed E-state index contributed by atoms with van der Waals surface area (Å²) < 4.78 is 1.77. The molecule has 3 nitrogen and oxygen atoms in total. The number of carbonyl (C=O) groups excluding carboxylic acids is 2. The summed E-state index contributed by atoms with van der Waals surface area (Å²) in [4.78, 5) is 24.4. The fourth-order valence-electron chi connectivity index (χ4n) is 3.35. The number of fused-ring (bicyclic) bond motifs is 1. The summed E-state index contributed by atoms with van der Waals surface area (Å²) in [6, 6.07) is 10.3. The maximum absolute atomic E-state index is 12.2. The van der Waals surface area contributed by atoms with Gasteiger partial charge in [0.05, 0.1) is 13.6 Å². The van der Waals surface area contributed by atoms with Gasteiger partial charge in [0.15, 0.2) is 5.78 Å². The molecule has 0 saturated carbocycles. The van der Waals surface area contributed by atoms with Crippen LogP contribution in [-0.2, 0) is 11.2 Å². The molecule has 1 N–H and O–H groups in total. The first-order chi connectivity index (χ1) is 12.6. The number of nitrogens with one attached hydrogen (secondary N) is 1. The summed E-state index contributed by atoms with van der Waals surface area (Å²) in [6.45, 7) is 0. The van der Waals surface area contributed by atoms with Crippen molar-refractivity contribution in [1.82, 2.24) is 5.32 Å². The van der Waals surface area contributed by atoms with Crippen LogP contribution < -0.4 is 5.32 Å². The van der Waals surface area contributed by atoms with Crippen LogP contribution in [0.4, 0.5) is 0 Å². The van der Waals surface area contributed by atoms with Crippen molar-refractivity contribution in [2.75, 3.05) is 0 Å². The van der Waals surface area contributed by atoms with Crippen LogP contribution in [0.2, 0.25) is 0 Å². The van der Waals surface area contributed by atoms with Gasteiger partial charge in [-0.05, 0) is 56.7 Å². The Kier molecular flexibility index (Phi) is 7.06. The molecule has 1 aliphatic rings. The normalized spacial score (nSPS) is 15.9. The average Bonchev–Trinajstić information content (AvgIpc) is 3.10. The number of amides is 1. The van der Waals surface area contributed by atoms with Crippen molar-refractivity contribution in [2.24, 2.45) is 0 Å². The molecule has 1 amide bonds. The molecule has 26 heavy (non-hydrogen) atoms. The highest BCUT2D eigenvalue weighted by Crippen LogP contribution is 2.46. The molecule has 0 radical (unpaired) electrons. The standard InChI is InChI=1S/C20H21Br2NO2S/c21-19-17-14(12-15(24)18(17)20(22)26-19)23-16(25)11-7-2-1-4-8-13-9-5-3-6-10-13/h3,5-6,9-10,14H,1-2,4,7-8,11-12H2,(H,23,25). The van der Waals surface area contributed by atoms with Crippen molar-refractivity contribution in [3.05, 3.63) is 54.6 Å². The lowest BCUT2D eigenvalue weighted by molar-refractivity contribution is -0.121. The Hall–Kier alpha value is -0.980. The molecule has 6 heteroatoms. The second kappa shape index (κ2) is 9.29. The maximum Gasteiger partial charge on any atom is 0.220 e. The van der Waals surface area contributed by atoms with Crippen LogP contribution in [0.5, 0.6) is 0 Å². The largest absolute Gasteiger partial charge is 0.349 e. The first kappa shape index (κ1) is 19.8. The van der Waals surface area contributed by atoms with E-state index in [1.165, 1.54) is 16.9 Å². The highest BCUT2D eigenvalue weighted by molar-refractivity contribution is 9.12. The molecule has 0 fully saturated rings. The first-order valence-corrected chi connectivity index (χ1v) is 11.3. The molecule has 1 heterocycles. The lowest BCUT2D eigenvalue weighted by Crippen LogP contribution is -2.27. The van der Waals surface area contributed by atoms with Crippen LogP contribution in [0.1, 0.15) is 66.1 Å². The molecule has 0 bridgehead atoms. The number of thiophene rings is 1. The van der Waals surface area contributed by atoms with Crippen LogP contribution in [0.3, 0.4) is 0 Å². The van der Waals surface area contributed by atoms with E-state index in [0.717, 1.165) is 50.8 Å². The van der Waals surface area contributed by atoms with E-state index in [9.17, 15) is 9.59 Å². The molecule has 0 spiro atoms. The van der Waals surface area contributed by atoms with E-state index in [2.05, 4.69) is 61.4 Å². The SMILES string of the molecule is O=C(CCCCCCc1ccccc1)NC1CC(=O)c2c(Br)sc(Br)c21. The van der Waals surface area contributed by atoms with Gasteiger partial charge in [0.1, 0.15) is 0 Å². The molecule has 0 aliphatic heterocycles. The number of hydrogen-bond donors (Lipinski definition) is 1. The third kappa shape index (κ3) is 4.84. The number of aryl methyl sites for hydroxylation is 1. The number of benzene rings is 1. The maximum atomic E-state index is 12.2. The number of hydrogen-bond acceptors (Lipinski definition) is 3. The molecule has 1 unspecified atom stereocenters. The van der Waals surface area contributed by atoms with Gasteiger partial charge in [0.25, 0.3) is 0 Å². The Morgan fingerprint density at radius 2 is 1.81 bits per heavy atom. The lowest BCUT2D eigenvalue weighted by atomic mass is 10.1. The minimum atomic E-state index is -0.194. The quantitative estimate of drug-likeness (QED) is 0.439. The topological polar surface area (TPSA) is 46.2 Å². The summed E-state index contributed by atoms with van der Waals surface area (Å²) >= 11 is 8.44. The van der Waals surface area contributed by atoms with Gasteiger partial charge in [0, 0.05) is 24.0 Å². The molecule has 1 aliphatic carbocycles. The van der Waals surface area contributed by atoms with E-state index in [4.69, 9.17) is 0 Å². The Morgan fingerprint density at radius 3 is 2.58 bits per heavy atom. The Bertz CT molecular complexity index is 789. The second-order valence-electron chi connectivity index (χ2n) is 6.59. The fraction of sp³-hybridized carbons (Fsp3) is 0.400. The predicted octanol–water partition coefficient (Wildman–Crippen LogP) is 6.21. The van der Waals surface area contributed by atoms with Crippen molar-refractivity contribution >= 4 is 54.9 Å². The molecule has 2 aromatic rings. The van der Waals surface area contributed by atoms with Gasteiger partial charge in [-0.25, -0.2) is 0 Å². The number of carbonyl (C=O) groups is 2. The summed E-state index contributed by atoms with van der Waals surface area (Å²) in [5.41, 5.74) is 3.04. The summed E-state index contributed by atoms with van der Waals surface area (Å²) in [7, 11) is 0. The zero-order valence-corrected chi connectivity index (χ0v) is 18.4. The van der Waals surface area contributed by atoms with Crippen LogP contribution >= 0.6 is 43.2 Å². The molecule has 138 valence electrons. The van der Waals surface area contributed by atoms with E-state index < -0.39 is 0 Å². The third-order valence-electron chi connectivity index (χ3n) is 4.67. The van der Waals surface area contributed by atoms with Gasteiger partial charge in [-0.1, -0.05) is 43.2 Å². The smallest absolute Gasteiger partial charge is 0.220 e. The zero-order chi connectivity index (χ0) is 18.5. The summed E-state index contributed by atoms with van der Waals surface area (Å²) in [5.74, 6) is 0.132. The fourth-order valence-corrected chi connectivity index (χ4v) is 6.72. The third-order valence-corrected chi connectivity index (χ3v) is 7.25. The van der Waals surface area contributed by atoms with Crippen LogP contribution in [0, 0.1) is 0 Å². The molecular weight excluding hydrogens is 478 g/mol. The number of unbranched alkanes of at least 4 members (excludes halogenated alkanes) is 3. The van der Waals surface area contributed by atoms with Crippen molar-refractivity contribution in [3.63, 3.8) is 0 Å². The van der Waals surface area contributed by atoms with Crippen molar-refractivity contribution in [2.45, 2.75) is 51.0 Å². The zero-order valence-electron chi connectivity index (χ0n) is 14.4.